The van der Waals surface area contributed by atoms with E-state index < -0.39 is 4.92 Å². The van der Waals surface area contributed by atoms with Crippen molar-refractivity contribution in [3.8, 4) is 0 Å². The molecule has 0 aromatic heterocycles. The van der Waals surface area contributed by atoms with Crippen LogP contribution in [0.25, 0.3) is 0 Å². The topological polar surface area (TPSA) is 96.3 Å². The molecule has 1 fully saturated rings. The Morgan fingerprint density at radius 1 is 1.29 bits per heavy atom. The third kappa shape index (κ3) is 4.42. The lowest BCUT2D eigenvalue weighted by Crippen LogP contribution is -2.39. The predicted molar refractivity (Wildman–Crippen MR) is 80.2 cm³/mol. The molecule has 0 saturated carbocycles. The number of rotatable bonds is 6. The van der Waals surface area contributed by atoms with Crippen LogP contribution in [0.3, 0.4) is 0 Å². The summed E-state index contributed by atoms with van der Waals surface area (Å²) in [4.78, 5) is 22.3. The third-order valence-corrected chi connectivity index (χ3v) is 3.55. The second-order valence-corrected chi connectivity index (χ2v) is 5.02. The molecule has 7 nitrogen and oxygen atoms in total. The molecule has 0 atom stereocenters. The van der Waals surface area contributed by atoms with E-state index in [-0.39, 0.29) is 17.5 Å². The fourth-order valence-electron chi connectivity index (χ4n) is 2.39. The zero-order chi connectivity index (χ0) is 15.1. The van der Waals surface area contributed by atoms with Crippen LogP contribution in [0, 0.1) is 16.0 Å². The molecule has 0 radical (unpaired) electrons. The van der Waals surface area contributed by atoms with Gasteiger partial charge in [0.15, 0.2) is 0 Å². The number of nitro groups is 1. The Hall–Kier alpha value is -2.15. The van der Waals surface area contributed by atoms with Gasteiger partial charge in [-0.3, -0.25) is 14.9 Å². The average molecular weight is 292 g/mol. The van der Waals surface area contributed by atoms with Crippen LogP contribution in [0.1, 0.15) is 12.8 Å². The van der Waals surface area contributed by atoms with Gasteiger partial charge in [0, 0.05) is 25.1 Å². The molecule has 21 heavy (non-hydrogen) atoms. The van der Waals surface area contributed by atoms with Crippen molar-refractivity contribution in [2.75, 3.05) is 31.5 Å². The summed E-state index contributed by atoms with van der Waals surface area (Å²) >= 11 is 0. The molecular formula is C14H20N4O3. The first-order chi connectivity index (χ1) is 10.2. The SMILES string of the molecule is O=C(NCCNc1ccccc1[N+](=O)[O-])C1CCNCC1. The number of nitrogens with one attached hydrogen (secondary N) is 3. The number of carbonyl (C=O) groups is 1. The molecule has 0 aliphatic carbocycles. The molecule has 2 rings (SSSR count). The van der Waals surface area contributed by atoms with Crippen LogP contribution in [0.4, 0.5) is 11.4 Å². The maximum atomic E-state index is 11.9. The van der Waals surface area contributed by atoms with Crippen LogP contribution < -0.4 is 16.0 Å². The first kappa shape index (κ1) is 15.2. The van der Waals surface area contributed by atoms with E-state index in [0.29, 0.717) is 18.8 Å². The maximum Gasteiger partial charge on any atom is 0.292 e. The van der Waals surface area contributed by atoms with Gasteiger partial charge in [-0.25, -0.2) is 0 Å². The van der Waals surface area contributed by atoms with Crippen molar-refractivity contribution in [3.05, 3.63) is 34.4 Å². The van der Waals surface area contributed by atoms with Gasteiger partial charge in [0.05, 0.1) is 4.92 Å². The normalized spacial score (nSPS) is 15.4. The summed E-state index contributed by atoms with van der Waals surface area (Å²) in [7, 11) is 0. The van der Waals surface area contributed by atoms with Crippen molar-refractivity contribution < 1.29 is 9.72 Å². The molecule has 1 heterocycles. The number of anilines is 1. The van der Waals surface area contributed by atoms with Crippen molar-refractivity contribution in [1.29, 1.82) is 0 Å². The molecule has 1 amide bonds. The highest BCUT2D eigenvalue weighted by molar-refractivity contribution is 5.78. The zero-order valence-electron chi connectivity index (χ0n) is 11.8. The van der Waals surface area contributed by atoms with Crippen LogP contribution in [0.15, 0.2) is 24.3 Å². The van der Waals surface area contributed by atoms with Gasteiger partial charge >= 0.3 is 0 Å². The molecule has 1 aromatic rings. The van der Waals surface area contributed by atoms with Crippen LogP contribution in [0.5, 0.6) is 0 Å². The quantitative estimate of drug-likeness (QED) is 0.415. The lowest BCUT2D eigenvalue weighted by Gasteiger charge is -2.21. The number of amides is 1. The summed E-state index contributed by atoms with van der Waals surface area (Å²) in [5.74, 6) is 0.151. The fourth-order valence-corrected chi connectivity index (χ4v) is 2.39. The molecule has 7 heteroatoms. The summed E-state index contributed by atoms with van der Waals surface area (Å²) < 4.78 is 0. The van der Waals surface area contributed by atoms with Crippen molar-refractivity contribution >= 4 is 17.3 Å². The van der Waals surface area contributed by atoms with Gasteiger partial charge in [-0.15, -0.1) is 0 Å². The minimum atomic E-state index is -0.421. The van der Waals surface area contributed by atoms with Gasteiger partial charge in [0.1, 0.15) is 5.69 Å². The van der Waals surface area contributed by atoms with E-state index >= 15 is 0 Å². The van der Waals surface area contributed by atoms with E-state index in [2.05, 4.69) is 16.0 Å². The number of para-hydroxylation sites is 2. The Morgan fingerprint density at radius 3 is 2.71 bits per heavy atom. The van der Waals surface area contributed by atoms with E-state index in [9.17, 15) is 14.9 Å². The first-order valence-electron chi connectivity index (χ1n) is 7.14. The maximum absolute atomic E-state index is 11.9. The van der Waals surface area contributed by atoms with Gasteiger partial charge in [-0.2, -0.15) is 0 Å². The Labute approximate surface area is 123 Å². The summed E-state index contributed by atoms with van der Waals surface area (Å²) in [6.45, 7) is 2.68. The summed E-state index contributed by atoms with van der Waals surface area (Å²) in [6.07, 6.45) is 1.73. The Bertz CT molecular complexity index is 501. The van der Waals surface area contributed by atoms with Crippen molar-refractivity contribution in [2.45, 2.75) is 12.8 Å². The lowest BCUT2D eigenvalue weighted by atomic mass is 9.97. The monoisotopic (exact) mass is 292 g/mol. The van der Waals surface area contributed by atoms with E-state index in [1.807, 2.05) is 0 Å². The Morgan fingerprint density at radius 2 is 2.00 bits per heavy atom. The van der Waals surface area contributed by atoms with Gasteiger partial charge in [0.25, 0.3) is 5.69 Å². The molecular weight excluding hydrogens is 272 g/mol. The fraction of sp³-hybridized carbons (Fsp3) is 0.500. The number of nitro benzene ring substituents is 1. The molecule has 0 spiro atoms. The van der Waals surface area contributed by atoms with Gasteiger partial charge < -0.3 is 16.0 Å². The number of nitrogens with zero attached hydrogens (tertiary/aromatic N) is 1. The van der Waals surface area contributed by atoms with Crippen molar-refractivity contribution in [2.24, 2.45) is 5.92 Å². The van der Waals surface area contributed by atoms with Gasteiger partial charge in [0.2, 0.25) is 5.91 Å². The average Bonchev–Trinajstić information content (AvgIpc) is 2.52. The standard InChI is InChI=1S/C14H20N4O3/c19-14(11-5-7-15-8-6-11)17-10-9-16-12-3-1-2-4-13(12)18(20)21/h1-4,11,15-16H,5-10H2,(H,17,19). The first-order valence-corrected chi connectivity index (χ1v) is 7.14. The van der Waals surface area contributed by atoms with Gasteiger partial charge in [-0.1, -0.05) is 12.1 Å². The summed E-state index contributed by atoms with van der Waals surface area (Å²) in [6, 6.07) is 6.48. The summed E-state index contributed by atoms with van der Waals surface area (Å²) in [5, 5.41) is 19.9. The van der Waals surface area contributed by atoms with Crippen LogP contribution >= 0.6 is 0 Å². The molecule has 0 bridgehead atoms. The summed E-state index contributed by atoms with van der Waals surface area (Å²) in [5.41, 5.74) is 0.515. The molecule has 3 N–H and O–H groups in total. The van der Waals surface area contributed by atoms with E-state index in [0.717, 1.165) is 25.9 Å². The highest BCUT2D eigenvalue weighted by atomic mass is 16.6. The molecule has 0 unspecified atom stereocenters. The van der Waals surface area contributed by atoms with Crippen molar-refractivity contribution in [3.63, 3.8) is 0 Å². The smallest absolute Gasteiger partial charge is 0.292 e. The number of benzene rings is 1. The Balaban J connectivity index is 1.74. The second-order valence-electron chi connectivity index (χ2n) is 5.02. The Kier molecular flexibility index (Phi) is 5.51. The van der Waals surface area contributed by atoms with Crippen LogP contribution in [-0.2, 0) is 4.79 Å². The third-order valence-electron chi connectivity index (χ3n) is 3.55. The molecule has 1 aliphatic rings. The minimum absolute atomic E-state index is 0.0437. The van der Waals surface area contributed by atoms with E-state index in [1.54, 1.807) is 18.2 Å². The number of hydrogen-bond acceptors (Lipinski definition) is 5. The largest absolute Gasteiger partial charge is 0.378 e. The molecule has 114 valence electrons. The van der Waals surface area contributed by atoms with Gasteiger partial charge in [-0.05, 0) is 32.0 Å². The molecule has 1 aliphatic heterocycles. The number of piperidine rings is 1. The van der Waals surface area contributed by atoms with E-state index in [1.165, 1.54) is 6.07 Å². The minimum Gasteiger partial charge on any atom is -0.378 e. The number of hydrogen-bond donors (Lipinski definition) is 3. The van der Waals surface area contributed by atoms with E-state index in [4.69, 9.17) is 0 Å². The molecule has 1 aromatic carbocycles. The highest BCUT2D eigenvalue weighted by Gasteiger charge is 2.20. The second kappa shape index (κ2) is 7.58. The predicted octanol–water partition coefficient (Wildman–Crippen LogP) is 1.12. The number of carbonyl (C=O) groups excluding carboxylic acids is 1. The van der Waals surface area contributed by atoms with Crippen LogP contribution in [0.2, 0.25) is 0 Å². The highest BCUT2D eigenvalue weighted by Crippen LogP contribution is 2.22. The lowest BCUT2D eigenvalue weighted by molar-refractivity contribution is -0.384. The zero-order valence-corrected chi connectivity index (χ0v) is 11.8. The van der Waals surface area contributed by atoms with Crippen molar-refractivity contribution in [1.82, 2.24) is 10.6 Å². The molecule has 1 saturated heterocycles. The van der Waals surface area contributed by atoms with Crippen LogP contribution in [-0.4, -0.2) is 37.0 Å².